The zero-order chi connectivity index (χ0) is 14.0. The van der Waals surface area contributed by atoms with Crippen LogP contribution in [0.15, 0.2) is 41.3 Å². The number of nitrogens with zero attached hydrogens (tertiary/aromatic N) is 2. The molecule has 1 heterocycles. The van der Waals surface area contributed by atoms with E-state index in [4.69, 9.17) is 11.6 Å². The Labute approximate surface area is 114 Å². The van der Waals surface area contributed by atoms with Crippen molar-refractivity contribution in [1.29, 1.82) is 0 Å². The normalized spacial score (nSPS) is 10.4. The summed E-state index contributed by atoms with van der Waals surface area (Å²) in [6.45, 7) is 1.76. The van der Waals surface area contributed by atoms with Crippen molar-refractivity contribution in [3.63, 3.8) is 0 Å². The fourth-order valence-corrected chi connectivity index (χ4v) is 1.99. The first-order chi connectivity index (χ1) is 8.99. The summed E-state index contributed by atoms with van der Waals surface area (Å²) >= 11 is 6.02. The molecule has 2 rings (SSSR count). The van der Waals surface area contributed by atoms with Crippen LogP contribution in [0.4, 0.5) is 5.69 Å². The van der Waals surface area contributed by atoms with Crippen molar-refractivity contribution in [3.8, 4) is 0 Å². The summed E-state index contributed by atoms with van der Waals surface area (Å²) in [6, 6.07) is 8.35. The van der Waals surface area contributed by atoms with E-state index < -0.39 is 4.92 Å². The molecule has 5 nitrogen and oxygen atoms in total. The van der Waals surface area contributed by atoms with Crippen LogP contribution in [0.5, 0.6) is 0 Å². The molecular weight excluding hydrogens is 268 g/mol. The van der Waals surface area contributed by atoms with Gasteiger partial charge in [-0.05, 0) is 18.6 Å². The van der Waals surface area contributed by atoms with Gasteiger partial charge < -0.3 is 4.57 Å². The largest absolute Gasteiger partial charge is 0.304 e. The van der Waals surface area contributed by atoms with Crippen molar-refractivity contribution in [2.45, 2.75) is 13.5 Å². The number of rotatable bonds is 3. The van der Waals surface area contributed by atoms with Crippen molar-refractivity contribution in [3.05, 3.63) is 73.1 Å². The highest BCUT2D eigenvalue weighted by Gasteiger charge is 2.12. The van der Waals surface area contributed by atoms with Crippen molar-refractivity contribution in [2.24, 2.45) is 0 Å². The van der Waals surface area contributed by atoms with Gasteiger partial charge in [-0.3, -0.25) is 14.9 Å². The molecule has 0 saturated carbocycles. The standard InChI is InChI=1S/C13H11ClN2O3/c1-9-6-11(16(18)19)8-15(13(9)17)7-10-4-2-3-5-12(10)14/h2-6,8H,7H2,1H3. The van der Waals surface area contributed by atoms with Gasteiger partial charge in [0, 0.05) is 16.7 Å². The first-order valence-electron chi connectivity index (χ1n) is 5.58. The molecule has 0 radical (unpaired) electrons. The lowest BCUT2D eigenvalue weighted by atomic mass is 10.2. The minimum absolute atomic E-state index is 0.107. The summed E-state index contributed by atoms with van der Waals surface area (Å²) in [6.07, 6.45) is 1.23. The second-order valence-corrected chi connectivity index (χ2v) is 4.57. The average molecular weight is 279 g/mol. The van der Waals surface area contributed by atoms with Gasteiger partial charge >= 0.3 is 0 Å². The van der Waals surface area contributed by atoms with Crippen molar-refractivity contribution in [2.75, 3.05) is 0 Å². The summed E-state index contributed by atoms with van der Waals surface area (Å²) < 4.78 is 1.30. The van der Waals surface area contributed by atoms with E-state index in [1.165, 1.54) is 16.8 Å². The minimum atomic E-state index is -0.518. The molecule has 0 N–H and O–H groups in total. The molecule has 0 amide bonds. The van der Waals surface area contributed by atoms with E-state index in [0.29, 0.717) is 10.6 Å². The second kappa shape index (κ2) is 5.24. The first-order valence-corrected chi connectivity index (χ1v) is 5.95. The lowest BCUT2D eigenvalue weighted by Crippen LogP contribution is -2.22. The molecule has 0 spiro atoms. The molecule has 2 aromatic rings. The first kappa shape index (κ1) is 13.3. The maximum Gasteiger partial charge on any atom is 0.286 e. The van der Waals surface area contributed by atoms with Crippen LogP contribution >= 0.6 is 11.6 Å². The molecule has 0 atom stereocenters. The number of nitro groups is 1. The van der Waals surface area contributed by atoms with Gasteiger partial charge in [0.1, 0.15) is 0 Å². The lowest BCUT2D eigenvalue weighted by molar-refractivity contribution is -0.385. The molecule has 0 aliphatic carbocycles. The number of benzene rings is 1. The highest BCUT2D eigenvalue weighted by Crippen LogP contribution is 2.17. The number of hydrogen-bond donors (Lipinski definition) is 0. The Morgan fingerprint density at radius 2 is 2.05 bits per heavy atom. The molecule has 0 saturated heterocycles. The molecule has 0 unspecified atom stereocenters. The summed E-state index contributed by atoms with van der Waals surface area (Å²) in [7, 11) is 0. The average Bonchev–Trinajstić information content (AvgIpc) is 2.37. The van der Waals surface area contributed by atoms with E-state index in [2.05, 4.69) is 0 Å². The van der Waals surface area contributed by atoms with Crippen molar-refractivity contribution in [1.82, 2.24) is 4.57 Å². The molecule has 0 bridgehead atoms. The van der Waals surface area contributed by atoms with Crippen LogP contribution in [0, 0.1) is 17.0 Å². The van der Waals surface area contributed by atoms with Gasteiger partial charge in [-0.25, -0.2) is 0 Å². The fourth-order valence-electron chi connectivity index (χ4n) is 1.79. The van der Waals surface area contributed by atoms with E-state index in [-0.39, 0.29) is 17.8 Å². The van der Waals surface area contributed by atoms with Gasteiger partial charge in [-0.1, -0.05) is 29.8 Å². The topological polar surface area (TPSA) is 65.1 Å². The molecule has 98 valence electrons. The lowest BCUT2D eigenvalue weighted by Gasteiger charge is -2.08. The van der Waals surface area contributed by atoms with Gasteiger partial charge in [0.2, 0.25) is 0 Å². The van der Waals surface area contributed by atoms with Gasteiger partial charge in [-0.2, -0.15) is 0 Å². The summed E-state index contributed by atoms with van der Waals surface area (Å²) in [5.74, 6) is 0. The van der Waals surface area contributed by atoms with Gasteiger partial charge in [0.25, 0.3) is 11.2 Å². The van der Waals surface area contributed by atoms with Crippen molar-refractivity contribution >= 4 is 17.3 Å². The van der Waals surface area contributed by atoms with Crippen LogP contribution in [0.25, 0.3) is 0 Å². The number of aromatic nitrogens is 1. The number of hydrogen-bond acceptors (Lipinski definition) is 3. The van der Waals surface area contributed by atoms with Gasteiger partial charge in [0.15, 0.2) is 0 Å². The monoisotopic (exact) mass is 278 g/mol. The highest BCUT2D eigenvalue weighted by atomic mass is 35.5. The van der Waals surface area contributed by atoms with E-state index in [1.54, 1.807) is 31.2 Å². The minimum Gasteiger partial charge on any atom is -0.304 e. The molecule has 0 fully saturated rings. The zero-order valence-electron chi connectivity index (χ0n) is 10.2. The summed E-state index contributed by atoms with van der Waals surface area (Å²) in [4.78, 5) is 22.2. The Bertz CT molecular complexity index is 695. The third-order valence-electron chi connectivity index (χ3n) is 2.76. The van der Waals surface area contributed by atoms with Crippen LogP contribution in [0.3, 0.4) is 0 Å². The number of halogens is 1. The van der Waals surface area contributed by atoms with E-state index in [1.807, 2.05) is 0 Å². The molecule has 0 aliphatic rings. The maximum absolute atomic E-state index is 12.0. The fraction of sp³-hybridized carbons (Fsp3) is 0.154. The molecule has 6 heteroatoms. The second-order valence-electron chi connectivity index (χ2n) is 4.16. The van der Waals surface area contributed by atoms with E-state index >= 15 is 0 Å². The van der Waals surface area contributed by atoms with Crippen LogP contribution in [-0.4, -0.2) is 9.49 Å². The Morgan fingerprint density at radius 1 is 1.37 bits per heavy atom. The van der Waals surface area contributed by atoms with E-state index in [9.17, 15) is 14.9 Å². The summed E-state index contributed by atoms with van der Waals surface area (Å²) in [5, 5.41) is 11.3. The predicted octanol–water partition coefficient (Wildman–Crippen LogP) is 2.77. The molecule has 1 aromatic carbocycles. The van der Waals surface area contributed by atoms with Crippen LogP contribution in [-0.2, 0) is 6.54 Å². The van der Waals surface area contributed by atoms with Gasteiger partial charge in [0.05, 0.1) is 17.7 Å². The van der Waals surface area contributed by atoms with Crippen LogP contribution in [0.2, 0.25) is 5.02 Å². The quantitative estimate of drug-likeness (QED) is 0.640. The van der Waals surface area contributed by atoms with Gasteiger partial charge in [-0.15, -0.1) is 0 Å². The Kier molecular flexibility index (Phi) is 3.66. The van der Waals surface area contributed by atoms with Crippen LogP contribution < -0.4 is 5.56 Å². The molecular formula is C13H11ClN2O3. The zero-order valence-corrected chi connectivity index (χ0v) is 10.9. The number of pyridine rings is 1. The SMILES string of the molecule is Cc1cc([N+](=O)[O-])cn(Cc2ccccc2Cl)c1=O. The summed E-state index contributed by atoms with van der Waals surface area (Å²) in [5.41, 5.74) is 0.710. The molecule has 0 aliphatic heterocycles. The molecule has 1 aromatic heterocycles. The molecule has 19 heavy (non-hydrogen) atoms. The van der Waals surface area contributed by atoms with Crippen molar-refractivity contribution < 1.29 is 4.92 Å². The highest BCUT2D eigenvalue weighted by molar-refractivity contribution is 6.31. The third kappa shape index (κ3) is 2.82. The van der Waals surface area contributed by atoms with E-state index in [0.717, 1.165) is 5.56 Å². The Morgan fingerprint density at radius 3 is 2.68 bits per heavy atom. The number of aryl methyl sites for hydroxylation is 1. The third-order valence-corrected chi connectivity index (χ3v) is 3.13. The predicted molar refractivity (Wildman–Crippen MR) is 72.6 cm³/mol. The smallest absolute Gasteiger partial charge is 0.286 e. The maximum atomic E-state index is 12.0. The Hall–Kier alpha value is -2.14. The Balaban J connectivity index is 2.48. The van der Waals surface area contributed by atoms with Crippen LogP contribution in [0.1, 0.15) is 11.1 Å².